The normalized spacial score (nSPS) is 12.9. The summed E-state index contributed by atoms with van der Waals surface area (Å²) in [5.74, 6) is 0.464. The molecule has 98 valence electrons. The van der Waals surface area contributed by atoms with Gasteiger partial charge in [0, 0.05) is 13.5 Å². The van der Waals surface area contributed by atoms with E-state index in [0.29, 0.717) is 12.2 Å². The molecule has 0 amide bonds. The van der Waals surface area contributed by atoms with Crippen LogP contribution in [0.4, 0.5) is 0 Å². The predicted molar refractivity (Wildman–Crippen MR) is 72.7 cm³/mol. The zero-order valence-corrected chi connectivity index (χ0v) is 12.5. The Morgan fingerprint density at radius 1 is 1.56 bits per heavy atom. The Morgan fingerprint density at radius 2 is 2.28 bits per heavy atom. The fourth-order valence-corrected chi connectivity index (χ4v) is 2.76. The van der Waals surface area contributed by atoms with Crippen molar-refractivity contribution in [1.29, 1.82) is 0 Å². The maximum atomic E-state index is 10.1. The first-order chi connectivity index (χ1) is 8.52. The van der Waals surface area contributed by atoms with Crippen LogP contribution in [0.2, 0.25) is 5.22 Å². The molecule has 0 saturated heterocycles. The van der Waals surface area contributed by atoms with Crippen LogP contribution in [0, 0.1) is 0 Å². The van der Waals surface area contributed by atoms with Crippen LogP contribution in [-0.2, 0) is 19.9 Å². The van der Waals surface area contributed by atoms with Gasteiger partial charge < -0.3 is 9.52 Å². The lowest BCUT2D eigenvalue weighted by Gasteiger charge is -2.08. The third-order valence-corrected chi connectivity index (χ3v) is 3.93. The van der Waals surface area contributed by atoms with Crippen molar-refractivity contribution in [2.24, 2.45) is 7.05 Å². The van der Waals surface area contributed by atoms with Gasteiger partial charge in [-0.25, -0.2) is 0 Å². The Morgan fingerprint density at radius 3 is 2.78 bits per heavy atom. The van der Waals surface area contributed by atoms with E-state index in [1.165, 1.54) is 0 Å². The monoisotopic (exact) mass is 332 g/mol. The first-order valence-electron chi connectivity index (χ1n) is 5.66. The summed E-state index contributed by atoms with van der Waals surface area (Å²) >= 11 is 9.21. The highest BCUT2D eigenvalue weighted by Crippen LogP contribution is 2.28. The van der Waals surface area contributed by atoms with Crippen molar-refractivity contribution in [1.82, 2.24) is 9.78 Å². The SMILES string of the molecule is CCc1nn(C)c(CC(O)c2ccc(Cl)o2)c1Br. The van der Waals surface area contributed by atoms with E-state index >= 15 is 0 Å². The molecule has 2 aromatic rings. The van der Waals surface area contributed by atoms with Crippen molar-refractivity contribution in [3.8, 4) is 0 Å². The highest BCUT2D eigenvalue weighted by Gasteiger charge is 2.19. The highest BCUT2D eigenvalue weighted by molar-refractivity contribution is 9.10. The molecule has 0 bridgehead atoms. The standard InChI is InChI=1S/C12H14BrClN2O2/c1-3-7-12(13)8(16(2)15-7)6-9(17)10-4-5-11(14)18-10/h4-5,9,17H,3,6H2,1-2H3. The van der Waals surface area contributed by atoms with Crippen molar-refractivity contribution < 1.29 is 9.52 Å². The molecule has 0 radical (unpaired) electrons. The van der Waals surface area contributed by atoms with Gasteiger partial charge in [-0.15, -0.1) is 0 Å². The minimum atomic E-state index is -0.728. The lowest BCUT2D eigenvalue weighted by atomic mass is 10.1. The molecular formula is C12H14BrClN2O2. The van der Waals surface area contributed by atoms with Crippen molar-refractivity contribution in [3.63, 3.8) is 0 Å². The van der Waals surface area contributed by atoms with E-state index in [4.69, 9.17) is 16.0 Å². The van der Waals surface area contributed by atoms with Gasteiger partial charge in [0.05, 0.1) is 15.9 Å². The van der Waals surface area contributed by atoms with Crippen LogP contribution >= 0.6 is 27.5 Å². The van der Waals surface area contributed by atoms with Crippen LogP contribution in [0.25, 0.3) is 0 Å². The highest BCUT2D eigenvalue weighted by atomic mass is 79.9. The van der Waals surface area contributed by atoms with Crippen molar-refractivity contribution in [2.45, 2.75) is 25.9 Å². The fraction of sp³-hybridized carbons (Fsp3) is 0.417. The summed E-state index contributed by atoms with van der Waals surface area (Å²) in [7, 11) is 1.86. The average Bonchev–Trinajstić information content (AvgIpc) is 2.87. The second-order valence-corrected chi connectivity index (χ2v) is 5.21. The largest absolute Gasteiger partial charge is 0.447 e. The van der Waals surface area contributed by atoms with E-state index in [1.807, 2.05) is 14.0 Å². The van der Waals surface area contributed by atoms with E-state index in [2.05, 4.69) is 21.0 Å². The van der Waals surface area contributed by atoms with Gasteiger partial charge in [-0.05, 0) is 46.1 Å². The molecular weight excluding hydrogens is 320 g/mol. The maximum Gasteiger partial charge on any atom is 0.193 e. The van der Waals surface area contributed by atoms with Crippen LogP contribution < -0.4 is 0 Å². The van der Waals surface area contributed by atoms with Crippen molar-refractivity contribution >= 4 is 27.5 Å². The molecule has 0 fully saturated rings. The zero-order chi connectivity index (χ0) is 13.3. The number of hydrogen-bond donors (Lipinski definition) is 1. The van der Waals surface area contributed by atoms with Crippen LogP contribution in [-0.4, -0.2) is 14.9 Å². The Kier molecular flexibility index (Phi) is 4.14. The molecule has 1 atom stereocenters. The van der Waals surface area contributed by atoms with E-state index in [1.54, 1.807) is 16.8 Å². The number of furan rings is 1. The Hall–Kier alpha value is -0.780. The number of hydrogen-bond acceptors (Lipinski definition) is 3. The molecule has 6 heteroatoms. The number of aromatic nitrogens is 2. The van der Waals surface area contributed by atoms with E-state index in [9.17, 15) is 5.11 Å². The molecule has 18 heavy (non-hydrogen) atoms. The lowest BCUT2D eigenvalue weighted by Crippen LogP contribution is -2.06. The molecule has 1 N–H and O–H groups in total. The number of aryl methyl sites for hydroxylation is 2. The number of nitrogens with zero attached hydrogens (tertiary/aromatic N) is 2. The van der Waals surface area contributed by atoms with Crippen LogP contribution in [0.5, 0.6) is 0 Å². The molecule has 0 aliphatic rings. The number of aliphatic hydroxyl groups excluding tert-OH is 1. The summed E-state index contributed by atoms with van der Waals surface area (Å²) in [5, 5.41) is 14.8. The topological polar surface area (TPSA) is 51.2 Å². The van der Waals surface area contributed by atoms with Crippen LogP contribution in [0.15, 0.2) is 21.0 Å². The van der Waals surface area contributed by atoms with Gasteiger partial charge in [0.15, 0.2) is 5.22 Å². The van der Waals surface area contributed by atoms with Gasteiger partial charge >= 0.3 is 0 Å². The summed E-state index contributed by atoms with van der Waals surface area (Å²) in [6, 6.07) is 3.30. The van der Waals surface area contributed by atoms with E-state index in [0.717, 1.165) is 22.3 Å². The van der Waals surface area contributed by atoms with Crippen molar-refractivity contribution in [2.75, 3.05) is 0 Å². The molecule has 4 nitrogen and oxygen atoms in total. The zero-order valence-electron chi connectivity index (χ0n) is 10.2. The molecule has 1 unspecified atom stereocenters. The third-order valence-electron chi connectivity index (χ3n) is 2.81. The first-order valence-corrected chi connectivity index (χ1v) is 6.83. The smallest absolute Gasteiger partial charge is 0.193 e. The molecule has 2 heterocycles. The number of aliphatic hydroxyl groups is 1. The Bertz CT molecular complexity index is 550. The Balaban J connectivity index is 2.21. The van der Waals surface area contributed by atoms with Gasteiger partial charge in [0.2, 0.25) is 0 Å². The number of rotatable bonds is 4. The second-order valence-electron chi connectivity index (χ2n) is 4.05. The maximum absolute atomic E-state index is 10.1. The molecule has 0 aromatic carbocycles. The molecule has 0 aliphatic heterocycles. The summed E-state index contributed by atoms with van der Waals surface area (Å²) in [5.41, 5.74) is 1.92. The van der Waals surface area contributed by atoms with Crippen molar-refractivity contribution in [3.05, 3.63) is 39.0 Å². The first kappa shape index (κ1) is 13.6. The molecule has 0 aliphatic carbocycles. The summed E-state index contributed by atoms with van der Waals surface area (Å²) in [6.45, 7) is 2.04. The van der Waals surface area contributed by atoms with E-state index in [-0.39, 0.29) is 5.22 Å². The van der Waals surface area contributed by atoms with Crippen LogP contribution in [0.3, 0.4) is 0 Å². The summed E-state index contributed by atoms with van der Waals surface area (Å²) < 4.78 is 7.92. The van der Waals surface area contributed by atoms with Gasteiger partial charge in [0.25, 0.3) is 0 Å². The summed E-state index contributed by atoms with van der Waals surface area (Å²) in [4.78, 5) is 0. The molecule has 0 saturated carbocycles. The quantitative estimate of drug-likeness (QED) is 0.934. The minimum Gasteiger partial charge on any atom is -0.447 e. The molecule has 2 rings (SSSR count). The minimum absolute atomic E-state index is 0.280. The van der Waals surface area contributed by atoms with Gasteiger partial charge in [-0.2, -0.15) is 5.10 Å². The van der Waals surface area contributed by atoms with Gasteiger partial charge in [-0.1, -0.05) is 6.92 Å². The number of halogens is 2. The fourth-order valence-electron chi connectivity index (χ4n) is 1.83. The van der Waals surface area contributed by atoms with Crippen LogP contribution in [0.1, 0.15) is 30.2 Å². The Labute approximate surface area is 119 Å². The third kappa shape index (κ3) is 2.63. The second kappa shape index (κ2) is 5.47. The van der Waals surface area contributed by atoms with E-state index < -0.39 is 6.10 Å². The molecule has 0 spiro atoms. The predicted octanol–water partition coefficient (Wildman–Crippen LogP) is 3.27. The van der Waals surface area contributed by atoms with Gasteiger partial charge in [-0.3, -0.25) is 4.68 Å². The average molecular weight is 334 g/mol. The molecule has 2 aromatic heterocycles. The van der Waals surface area contributed by atoms with Gasteiger partial charge in [0.1, 0.15) is 11.9 Å². The summed E-state index contributed by atoms with van der Waals surface area (Å²) in [6.07, 6.45) is 0.541. The lowest BCUT2D eigenvalue weighted by molar-refractivity contribution is 0.148.